The highest BCUT2D eigenvalue weighted by Gasteiger charge is 2.62. The van der Waals surface area contributed by atoms with Crippen molar-refractivity contribution in [3.63, 3.8) is 0 Å². The van der Waals surface area contributed by atoms with Crippen LogP contribution in [0.15, 0.2) is 24.3 Å². The molecule has 3 aliphatic heterocycles. The molecule has 5 rings (SSSR count). The van der Waals surface area contributed by atoms with Gasteiger partial charge in [-0.05, 0) is 44.1 Å². The van der Waals surface area contributed by atoms with E-state index in [1.807, 2.05) is 0 Å². The van der Waals surface area contributed by atoms with Gasteiger partial charge in [0.05, 0.1) is 11.7 Å². The number of fused-ring (bicyclic) bond motifs is 1. The van der Waals surface area contributed by atoms with Crippen LogP contribution in [0.1, 0.15) is 56.1 Å². The van der Waals surface area contributed by atoms with Gasteiger partial charge in [0, 0.05) is 44.4 Å². The predicted molar refractivity (Wildman–Crippen MR) is 110 cm³/mol. The van der Waals surface area contributed by atoms with E-state index in [0.717, 1.165) is 39.0 Å². The van der Waals surface area contributed by atoms with Crippen molar-refractivity contribution in [2.24, 2.45) is 17.8 Å². The number of hydrogen-bond donors (Lipinski definition) is 1. The lowest BCUT2D eigenvalue weighted by Gasteiger charge is -2.29. The number of rotatable bonds is 6. The normalized spacial score (nSPS) is 34.8. The minimum Gasteiger partial charge on any atom is -0.370 e. The van der Waals surface area contributed by atoms with Crippen molar-refractivity contribution >= 4 is 5.91 Å². The standard InChI is InChI=1S/C24H34N2O2/c1-17-5-4-8-19(11-17)14-26-15-21-20(22-9-10-24(21,16-26)28-22)13-25-23(27)12-18-6-2-3-7-18/h4-5,8,11,18,20-22H,2-3,6-7,9-10,12-16H2,1H3,(H,25,27)/t20-,21+,22+,24+/m0/s1. The Morgan fingerprint density at radius 1 is 1.29 bits per heavy atom. The quantitative estimate of drug-likeness (QED) is 0.816. The molecule has 4 heteroatoms. The number of nitrogens with zero attached hydrogens (tertiary/aromatic N) is 1. The highest BCUT2D eigenvalue weighted by Crippen LogP contribution is 2.54. The van der Waals surface area contributed by atoms with E-state index in [1.54, 1.807) is 0 Å². The van der Waals surface area contributed by atoms with Crippen LogP contribution in [-0.2, 0) is 16.1 Å². The van der Waals surface area contributed by atoms with E-state index < -0.39 is 0 Å². The zero-order valence-corrected chi connectivity index (χ0v) is 17.2. The van der Waals surface area contributed by atoms with Crippen molar-refractivity contribution in [1.82, 2.24) is 10.2 Å². The van der Waals surface area contributed by atoms with Crippen LogP contribution in [-0.4, -0.2) is 42.1 Å². The maximum Gasteiger partial charge on any atom is 0.220 e. The first kappa shape index (κ1) is 18.6. The fraction of sp³-hybridized carbons (Fsp3) is 0.708. The third-order valence-electron chi connectivity index (χ3n) is 7.83. The van der Waals surface area contributed by atoms with Gasteiger partial charge in [-0.15, -0.1) is 0 Å². The maximum absolute atomic E-state index is 12.4. The summed E-state index contributed by atoms with van der Waals surface area (Å²) in [5.41, 5.74) is 2.78. The molecule has 0 aromatic heterocycles. The first-order valence-electron chi connectivity index (χ1n) is 11.3. The number of benzene rings is 1. The van der Waals surface area contributed by atoms with E-state index in [1.165, 1.54) is 43.2 Å². The molecule has 1 amide bonds. The highest BCUT2D eigenvalue weighted by molar-refractivity contribution is 5.76. The topological polar surface area (TPSA) is 41.6 Å². The van der Waals surface area contributed by atoms with Crippen LogP contribution >= 0.6 is 0 Å². The summed E-state index contributed by atoms with van der Waals surface area (Å²) >= 11 is 0. The van der Waals surface area contributed by atoms with Crippen molar-refractivity contribution in [1.29, 1.82) is 0 Å². The number of ether oxygens (including phenoxy) is 1. The van der Waals surface area contributed by atoms with Crippen molar-refractivity contribution in [3.05, 3.63) is 35.4 Å². The summed E-state index contributed by atoms with van der Waals surface area (Å²) in [5, 5.41) is 3.28. The molecule has 4 atom stereocenters. The van der Waals surface area contributed by atoms with Gasteiger partial charge < -0.3 is 10.1 Å². The molecule has 1 N–H and O–H groups in total. The Balaban J connectivity index is 1.19. The van der Waals surface area contributed by atoms with Gasteiger partial charge in [-0.3, -0.25) is 9.69 Å². The summed E-state index contributed by atoms with van der Waals surface area (Å²) in [6, 6.07) is 8.85. The summed E-state index contributed by atoms with van der Waals surface area (Å²) in [6.45, 7) is 6.13. The second-order valence-corrected chi connectivity index (χ2v) is 9.85. The monoisotopic (exact) mass is 382 g/mol. The molecule has 4 nitrogen and oxygen atoms in total. The van der Waals surface area contributed by atoms with E-state index in [0.29, 0.717) is 23.9 Å². The number of carbonyl (C=O) groups is 1. The summed E-state index contributed by atoms with van der Waals surface area (Å²) < 4.78 is 6.56. The average molecular weight is 383 g/mol. The molecule has 152 valence electrons. The lowest BCUT2D eigenvalue weighted by Crippen LogP contribution is -2.42. The molecule has 4 fully saturated rings. The molecule has 2 bridgehead atoms. The second-order valence-electron chi connectivity index (χ2n) is 9.85. The predicted octanol–water partition coefficient (Wildman–Crippen LogP) is 3.67. The average Bonchev–Trinajstić information content (AvgIpc) is 3.41. The molecule has 28 heavy (non-hydrogen) atoms. The minimum atomic E-state index is 0.0509. The van der Waals surface area contributed by atoms with E-state index in [9.17, 15) is 4.79 Å². The Bertz CT molecular complexity index is 729. The van der Waals surface area contributed by atoms with Crippen LogP contribution in [0.4, 0.5) is 0 Å². The largest absolute Gasteiger partial charge is 0.370 e. The van der Waals surface area contributed by atoms with E-state index in [4.69, 9.17) is 4.74 Å². The molecule has 1 saturated carbocycles. The van der Waals surface area contributed by atoms with Crippen molar-refractivity contribution < 1.29 is 9.53 Å². The first-order valence-corrected chi connectivity index (χ1v) is 11.3. The number of likely N-dealkylation sites (tertiary alicyclic amines) is 1. The Hall–Kier alpha value is -1.39. The number of aryl methyl sites for hydroxylation is 1. The smallest absolute Gasteiger partial charge is 0.220 e. The van der Waals surface area contributed by atoms with Crippen molar-refractivity contribution in [2.45, 2.75) is 70.1 Å². The SMILES string of the molecule is Cc1cccc(CN2C[C@@H]3[C@H](CNC(=O)CC4CCCC4)[C@H]4CC[C@]3(C2)O4)c1. The maximum atomic E-state index is 12.4. The van der Waals surface area contributed by atoms with Crippen LogP contribution in [0.2, 0.25) is 0 Å². The molecule has 1 spiro atoms. The molecule has 4 aliphatic rings. The van der Waals surface area contributed by atoms with E-state index in [-0.39, 0.29) is 11.5 Å². The third kappa shape index (κ3) is 3.50. The number of hydrogen-bond acceptors (Lipinski definition) is 3. The molecule has 1 aliphatic carbocycles. The van der Waals surface area contributed by atoms with Gasteiger partial charge in [-0.1, -0.05) is 42.7 Å². The van der Waals surface area contributed by atoms with Crippen LogP contribution in [0.25, 0.3) is 0 Å². The Morgan fingerprint density at radius 2 is 2.14 bits per heavy atom. The minimum absolute atomic E-state index is 0.0509. The number of amides is 1. The third-order valence-corrected chi connectivity index (χ3v) is 7.83. The second kappa shape index (κ2) is 7.46. The van der Waals surface area contributed by atoms with Crippen LogP contribution in [0.5, 0.6) is 0 Å². The molecule has 1 aromatic rings. The van der Waals surface area contributed by atoms with E-state index in [2.05, 4.69) is 41.4 Å². The molecule has 0 radical (unpaired) electrons. The van der Waals surface area contributed by atoms with Gasteiger partial charge in [-0.25, -0.2) is 0 Å². The molecular formula is C24H34N2O2. The van der Waals surface area contributed by atoms with Gasteiger partial charge in [0.2, 0.25) is 5.91 Å². The lowest BCUT2D eigenvalue weighted by atomic mass is 9.73. The van der Waals surface area contributed by atoms with Gasteiger partial charge >= 0.3 is 0 Å². The summed E-state index contributed by atoms with van der Waals surface area (Å²) in [4.78, 5) is 15.0. The summed E-state index contributed by atoms with van der Waals surface area (Å²) in [6.07, 6.45) is 8.53. The molecule has 3 saturated heterocycles. The fourth-order valence-electron chi connectivity index (χ4n) is 6.53. The highest BCUT2D eigenvalue weighted by atomic mass is 16.5. The number of carbonyl (C=O) groups excluding carboxylic acids is 1. The lowest BCUT2D eigenvalue weighted by molar-refractivity contribution is -0.122. The van der Waals surface area contributed by atoms with Crippen molar-refractivity contribution in [3.8, 4) is 0 Å². The molecule has 3 heterocycles. The molecule has 0 unspecified atom stereocenters. The number of nitrogens with one attached hydrogen (secondary N) is 1. The van der Waals surface area contributed by atoms with Crippen LogP contribution in [0.3, 0.4) is 0 Å². The Morgan fingerprint density at radius 3 is 2.96 bits per heavy atom. The van der Waals surface area contributed by atoms with Gasteiger partial charge in [0.1, 0.15) is 0 Å². The summed E-state index contributed by atoms with van der Waals surface area (Å²) in [5.74, 6) is 1.95. The fourth-order valence-corrected chi connectivity index (χ4v) is 6.53. The van der Waals surface area contributed by atoms with Gasteiger partial charge in [0.15, 0.2) is 0 Å². The van der Waals surface area contributed by atoms with Crippen LogP contribution in [0, 0.1) is 24.7 Å². The van der Waals surface area contributed by atoms with E-state index >= 15 is 0 Å². The van der Waals surface area contributed by atoms with Crippen LogP contribution < -0.4 is 5.32 Å². The zero-order chi connectivity index (χ0) is 19.1. The first-order chi connectivity index (χ1) is 13.6. The Kier molecular flexibility index (Phi) is 4.96. The van der Waals surface area contributed by atoms with Crippen molar-refractivity contribution in [2.75, 3.05) is 19.6 Å². The zero-order valence-electron chi connectivity index (χ0n) is 17.2. The molecule has 1 aromatic carbocycles. The van der Waals surface area contributed by atoms with Gasteiger partial charge in [-0.2, -0.15) is 0 Å². The Labute approximate surface area is 169 Å². The van der Waals surface area contributed by atoms with Gasteiger partial charge in [0.25, 0.3) is 0 Å². The summed E-state index contributed by atoms with van der Waals surface area (Å²) in [7, 11) is 0. The molecular weight excluding hydrogens is 348 g/mol.